The first-order valence-corrected chi connectivity index (χ1v) is 3.34. The molecule has 1 unspecified atom stereocenters. The molecule has 0 aromatic rings. The lowest BCUT2D eigenvalue weighted by Gasteiger charge is -2.22. The van der Waals surface area contributed by atoms with E-state index in [0.717, 1.165) is 0 Å². The minimum Gasteiger partial charge on any atom is -0.371 e. The molecular weight excluding hydrogens is 180 g/mol. The molecule has 12 heavy (non-hydrogen) atoms. The molecule has 1 atom stereocenters. The molecule has 0 amide bonds. The summed E-state index contributed by atoms with van der Waals surface area (Å²) in [5, 5.41) is 0. The lowest BCUT2D eigenvalue weighted by Crippen LogP contribution is -2.41. The van der Waals surface area contributed by atoms with Crippen LogP contribution >= 0.6 is 0 Å². The van der Waals surface area contributed by atoms with Gasteiger partial charge in [0.25, 0.3) is 0 Å². The van der Waals surface area contributed by atoms with Crippen LogP contribution in [0.1, 0.15) is 6.92 Å². The summed E-state index contributed by atoms with van der Waals surface area (Å²) in [4.78, 5) is 0. The maximum absolute atomic E-state index is 12.3. The van der Waals surface area contributed by atoms with Crippen molar-refractivity contribution in [1.82, 2.24) is 0 Å². The zero-order chi connectivity index (χ0) is 9.41. The van der Waals surface area contributed by atoms with Crippen molar-refractivity contribution in [3.63, 3.8) is 0 Å². The van der Waals surface area contributed by atoms with Crippen LogP contribution in [0.2, 0.25) is 0 Å². The van der Waals surface area contributed by atoms with Crippen molar-refractivity contribution in [1.29, 1.82) is 0 Å². The Kier molecular flexibility index (Phi) is 2.31. The van der Waals surface area contributed by atoms with Gasteiger partial charge in [0, 0.05) is 6.92 Å². The predicted molar refractivity (Wildman–Crippen MR) is 31.3 cm³/mol. The minimum atomic E-state index is -4.40. The van der Waals surface area contributed by atoms with E-state index in [2.05, 4.69) is 9.47 Å². The molecule has 1 heterocycles. The van der Waals surface area contributed by atoms with Crippen molar-refractivity contribution in [2.45, 2.75) is 25.1 Å². The van der Waals surface area contributed by atoms with E-state index < -0.39 is 24.7 Å². The molecule has 0 N–H and O–H groups in total. The quantitative estimate of drug-likeness (QED) is 0.494. The molecule has 0 bridgehead atoms. The number of hydrogen-bond acceptors (Lipinski definition) is 2. The van der Waals surface area contributed by atoms with Crippen LogP contribution in [0.15, 0.2) is 0 Å². The van der Waals surface area contributed by atoms with Gasteiger partial charge < -0.3 is 9.47 Å². The largest absolute Gasteiger partial charge is 0.419 e. The Morgan fingerprint density at radius 3 is 2.25 bits per heavy atom. The van der Waals surface area contributed by atoms with Gasteiger partial charge in [-0.05, 0) is 0 Å². The third kappa shape index (κ3) is 2.31. The molecule has 1 fully saturated rings. The summed E-state index contributed by atoms with van der Waals surface area (Å²) in [6.07, 6.45) is -4.85. The summed E-state index contributed by atoms with van der Waals surface area (Å²) in [6, 6.07) is 0. The lowest BCUT2D eigenvalue weighted by molar-refractivity contribution is -0.341. The first-order chi connectivity index (χ1) is 5.33. The van der Waals surface area contributed by atoms with Gasteiger partial charge in [-0.3, -0.25) is 0 Å². The second kappa shape index (κ2) is 2.85. The van der Waals surface area contributed by atoms with Crippen LogP contribution in [-0.4, -0.2) is 31.3 Å². The molecule has 0 aromatic carbocycles. The van der Waals surface area contributed by atoms with E-state index in [1.807, 2.05) is 0 Å². The minimum absolute atomic E-state index is 0.112. The molecule has 1 rings (SSSR count). The van der Waals surface area contributed by atoms with E-state index in [1.165, 1.54) is 0 Å². The van der Waals surface area contributed by atoms with E-state index in [4.69, 9.17) is 0 Å². The molecule has 1 saturated heterocycles. The SMILES string of the molecule is CC(F)(F)C(F)(F)OCC1CO1. The molecule has 1 aliphatic heterocycles. The summed E-state index contributed by atoms with van der Waals surface area (Å²) in [5.74, 6) is -4.15. The van der Waals surface area contributed by atoms with E-state index >= 15 is 0 Å². The standard InChI is InChI=1S/C6H8F4O2/c1-5(7,8)6(9,10)12-3-4-2-11-4/h4H,2-3H2,1H3. The van der Waals surface area contributed by atoms with E-state index in [0.29, 0.717) is 6.61 Å². The van der Waals surface area contributed by atoms with Crippen molar-refractivity contribution < 1.29 is 27.0 Å². The van der Waals surface area contributed by atoms with Crippen LogP contribution in [-0.2, 0) is 9.47 Å². The van der Waals surface area contributed by atoms with Crippen molar-refractivity contribution in [3.05, 3.63) is 0 Å². The number of alkyl halides is 4. The molecule has 0 aliphatic carbocycles. The smallest absolute Gasteiger partial charge is 0.371 e. The molecule has 0 radical (unpaired) electrons. The summed E-state index contributed by atoms with van der Waals surface area (Å²) in [6.45, 7) is -0.0808. The highest BCUT2D eigenvalue weighted by molar-refractivity contribution is 4.74. The molecule has 2 nitrogen and oxygen atoms in total. The third-order valence-electron chi connectivity index (χ3n) is 1.36. The van der Waals surface area contributed by atoms with Gasteiger partial charge in [0.1, 0.15) is 6.10 Å². The number of halogens is 4. The number of epoxide rings is 1. The third-order valence-corrected chi connectivity index (χ3v) is 1.36. The highest BCUT2D eigenvalue weighted by Gasteiger charge is 2.54. The molecule has 0 aromatic heterocycles. The Hall–Kier alpha value is -0.360. The molecule has 0 saturated carbocycles. The fraction of sp³-hybridized carbons (Fsp3) is 1.00. The Labute approximate surface area is 66.4 Å². The van der Waals surface area contributed by atoms with Gasteiger partial charge in [-0.25, -0.2) is 0 Å². The van der Waals surface area contributed by atoms with Gasteiger partial charge in [0.2, 0.25) is 0 Å². The molecular formula is C6H8F4O2. The lowest BCUT2D eigenvalue weighted by atomic mass is 10.3. The van der Waals surface area contributed by atoms with Crippen molar-refractivity contribution in [2.24, 2.45) is 0 Å². The summed E-state index contributed by atoms with van der Waals surface area (Å²) >= 11 is 0. The molecule has 72 valence electrons. The first kappa shape index (κ1) is 9.73. The van der Waals surface area contributed by atoms with Crippen LogP contribution in [0.4, 0.5) is 17.6 Å². The van der Waals surface area contributed by atoms with E-state index in [1.54, 1.807) is 0 Å². The van der Waals surface area contributed by atoms with Crippen molar-refractivity contribution in [3.8, 4) is 0 Å². The van der Waals surface area contributed by atoms with Gasteiger partial charge in [0.05, 0.1) is 13.2 Å². The predicted octanol–water partition coefficient (Wildman–Crippen LogP) is 1.65. The van der Waals surface area contributed by atoms with Gasteiger partial charge in [-0.15, -0.1) is 0 Å². The Balaban J connectivity index is 2.35. The first-order valence-electron chi connectivity index (χ1n) is 3.34. The average molecular weight is 188 g/mol. The zero-order valence-electron chi connectivity index (χ0n) is 6.32. The monoisotopic (exact) mass is 188 g/mol. The fourth-order valence-corrected chi connectivity index (χ4v) is 0.489. The highest BCUT2D eigenvalue weighted by atomic mass is 19.3. The van der Waals surface area contributed by atoms with Gasteiger partial charge in [-0.2, -0.15) is 17.6 Å². The van der Waals surface area contributed by atoms with Crippen LogP contribution in [0, 0.1) is 0 Å². The Bertz CT molecular complexity index is 161. The van der Waals surface area contributed by atoms with Crippen molar-refractivity contribution >= 4 is 0 Å². The maximum atomic E-state index is 12.3. The van der Waals surface area contributed by atoms with Gasteiger partial charge >= 0.3 is 12.0 Å². The normalized spacial score (nSPS) is 24.2. The second-order valence-electron chi connectivity index (χ2n) is 2.67. The molecule has 0 spiro atoms. The van der Waals surface area contributed by atoms with Crippen LogP contribution < -0.4 is 0 Å². The van der Waals surface area contributed by atoms with Gasteiger partial charge in [0.15, 0.2) is 0 Å². The average Bonchev–Trinajstić information content (AvgIpc) is 2.62. The summed E-state index contributed by atoms with van der Waals surface area (Å²) in [5.41, 5.74) is 0. The van der Waals surface area contributed by atoms with Gasteiger partial charge in [-0.1, -0.05) is 0 Å². The fourth-order valence-electron chi connectivity index (χ4n) is 0.489. The van der Waals surface area contributed by atoms with E-state index in [-0.39, 0.29) is 6.92 Å². The Morgan fingerprint density at radius 1 is 1.42 bits per heavy atom. The Morgan fingerprint density at radius 2 is 1.92 bits per heavy atom. The van der Waals surface area contributed by atoms with Crippen LogP contribution in [0.3, 0.4) is 0 Å². The molecule has 1 aliphatic rings. The van der Waals surface area contributed by atoms with Crippen molar-refractivity contribution in [2.75, 3.05) is 13.2 Å². The van der Waals surface area contributed by atoms with E-state index in [9.17, 15) is 17.6 Å². The van der Waals surface area contributed by atoms with Crippen LogP contribution in [0.25, 0.3) is 0 Å². The molecule has 6 heteroatoms. The highest BCUT2D eigenvalue weighted by Crippen LogP contribution is 2.35. The zero-order valence-corrected chi connectivity index (χ0v) is 6.32. The number of ether oxygens (including phenoxy) is 2. The van der Waals surface area contributed by atoms with Crippen LogP contribution in [0.5, 0.6) is 0 Å². The summed E-state index contributed by atoms with van der Waals surface area (Å²) in [7, 11) is 0. The number of hydrogen-bond donors (Lipinski definition) is 0. The maximum Gasteiger partial charge on any atom is 0.419 e. The second-order valence-corrected chi connectivity index (χ2v) is 2.67. The summed E-state index contributed by atoms with van der Waals surface area (Å²) < 4.78 is 56.9. The number of rotatable bonds is 4. The topological polar surface area (TPSA) is 21.8 Å².